The summed E-state index contributed by atoms with van der Waals surface area (Å²) >= 11 is 1.89. The molecule has 0 saturated carbocycles. The van der Waals surface area contributed by atoms with Gasteiger partial charge in [-0.3, -0.25) is 0 Å². The summed E-state index contributed by atoms with van der Waals surface area (Å²) in [5.41, 5.74) is 1.35. The average molecular weight is 317 g/mol. The van der Waals surface area contributed by atoms with E-state index >= 15 is 0 Å². The Balaban J connectivity index is 1.48. The molecule has 0 fully saturated rings. The van der Waals surface area contributed by atoms with Crippen molar-refractivity contribution >= 4 is 11.8 Å². The molecule has 1 unspecified atom stereocenters. The minimum absolute atomic E-state index is 0.314. The third kappa shape index (κ3) is 6.98. The van der Waals surface area contributed by atoms with E-state index < -0.39 is 6.10 Å². The quantitative estimate of drug-likeness (QED) is 0.661. The van der Waals surface area contributed by atoms with Crippen molar-refractivity contribution in [3.05, 3.63) is 66.2 Å². The molecule has 22 heavy (non-hydrogen) atoms. The van der Waals surface area contributed by atoms with Crippen LogP contribution in [0.1, 0.15) is 5.56 Å². The van der Waals surface area contributed by atoms with Gasteiger partial charge in [-0.05, 0) is 17.7 Å². The molecule has 0 heterocycles. The van der Waals surface area contributed by atoms with Gasteiger partial charge in [0.25, 0.3) is 0 Å². The fourth-order valence-corrected chi connectivity index (χ4v) is 2.81. The van der Waals surface area contributed by atoms with Crippen molar-refractivity contribution in [3.63, 3.8) is 0 Å². The van der Waals surface area contributed by atoms with Crippen LogP contribution in [0.25, 0.3) is 0 Å². The SMILES string of the molecule is OC(CNCCSCc1ccccc1)COc1ccccc1. The van der Waals surface area contributed by atoms with Gasteiger partial charge in [-0.2, -0.15) is 11.8 Å². The molecule has 4 heteroatoms. The van der Waals surface area contributed by atoms with E-state index in [9.17, 15) is 5.11 Å². The summed E-state index contributed by atoms with van der Waals surface area (Å²) in [6.07, 6.45) is -0.487. The highest BCUT2D eigenvalue weighted by atomic mass is 32.2. The predicted molar refractivity (Wildman–Crippen MR) is 93.4 cm³/mol. The van der Waals surface area contributed by atoms with E-state index in [4.69, 9.17) is 4.74 Å². The van der Waals surface area contributed by atoms with Crippen molar-refractivity contribution in [2.75, 3.05) is 25.4 Å². The molecule has 0 aliphatic rings. The van der Waals surface area contributed by atoms with Crippen LogP contribution in [0.5, 0.6) is 5.75 Å². The highest BCUT2D eigenvalue weighted by molar-refractivity contribution is 7.98. The van der Waals surface area contributed by atoms with Gasteiger partial charge in [0.05, 0.1) is 0 Å². The number of aliphatic hydroxyl groups excluding tert-OH is 1. The third-order valence-corrected chi connectivity index (χ3v) is 4.13. The first-order valence-corrected chi connectivity index (χ1v) is 8.68. The van der Waals surface area contributed by atoms with E-state index in [0.717, 1.165) is 23.8 Å². The van der Waals surface area contributed by atoms with Crippen LogP contribution in [0.3, 0.4) is 0 Å². The number of para-hydroxylation sites is 1. The van der Waals surface area contributed by atoms with Crippen LogP contribution in [0.15, 0.2) is 60.7 Å². The van der Waals surface area contributed by atoms with E-state index in [-0.39, 0.29) is 0 Å². The summed E-state index contributed by atoms with van der Waals surface area (Å²) in [6, 6.07) is 20.0. The van der Waals surface area contributed by atoms with Gasteiger partial charge in [0.2, 0.25) is 0 Å². The lowest BCUT2D eigenvalue weighted by atomic mass is 10.2. The number of thioether (sulfide) groups is 1. The molecule has 0 bridgehead atoms. The lowest BCUT2D eigenvalue weighted by molar-refractivity contribution is 0.107. The first-order valence-electron chi connectivity index (χ1n) is 7.53. The van der Waals surface area contributed by atoms with E-state index in [2.05, 4.69) is 29.6 Å². The molecule has 0 aromatic heterocycles. The van der Waals surface area contributed by atoms with Crippen molar-refractivity contribution < 1.29 is 9.84 Å². The Labute approximate surface area is 136 Å². The largest absolute Gasteiger partial charge is 0.491 e. The molecule has 0 aliphatic heterocycles. The summed E-state index contributed by atoms with van der Waals surface area (Å²) in [5.74, 6) is 2.85. The van der Waals surface area contributed by atoms with Crippen molar-refractivity contribution in [3.8, 4) is 5.75 Å². The van der Waals surface area contributed by atoms with Crippen molar-refractivity contribution in [1.29, 1.82) is 0 Å². The van der Waals surface area contributed by atoms with Gasteiger partial charge in [-0.25, -0.2) is 0 Å². The normalized spacial score (nSPS) is 12.0. The molecular weight excluding hydrogens is 294 g/mol. The second kappa shape index (κ2) is 10.3. The molecule has 118 valence electrons. The third-order valence-electron chi connectivity index (χ3n) is 3.10. The van der Waals surface area contributed by atoms with Crippen LogP contribution in [0.2, 0.25) is 0 Å². The van der Waals surface area contributed by atoms with Crippen LogP contribution >= 0.6 is 11.8 Å². The van der Waals surface area contributed by atoms with Gasteiger partial charge < -0.3 is 15.2 Å². The number of benzene rings is 2. The Morgan fingerprint density at radius 2 is 1.68 bits per heavy atom. The summed E-state index contributed by atoms with van der Waals surface area (Å²) in [7, 11) is 0. The zero-order chi connectivity index (χ0) is 15.5. The molecule has 0 spiro atoms. The standard InChI is InChI=1S/C18H23NO2S/c20-17(14-21-18-9-5-2-6-10-18)13-19-11-12-22-15-16-7-3-1-4-8-16/h1-10,17,19-20H,11-15H2. The topological polar surface area (TPSA) is 41.5 Å². The minimum atomic E-state index is -0.487. The molecule has 0 saturated heterocycles. The minimum Gasteiger partial charge on any atom is -0.491 e. The van der Waals surface area contributed by atoms with Gasteiger partial charge in [-0.1, -0.05) is 48.5 Å². The Bertz CT molecular complexity index is 507. The zero-order valence-electron chi connectivity index (χ0n) is 12.7. The van der Waals surface area contributed by atoms with Gasteiger partial charge in [0, 0.05) is 24.6 Å². The van der Waals surface area contributed by atoms with Crippen LogP contribution < -0.4 is 10.1 Å². The van der Waals surface area contributed by atoms with Gasteiger partial charge in [-0.15, -0.1) is 0 Å². The van der Waals surface area contributed by atoms with Crippen molar-refractivity contribution in [2.24, 2.45) is 0 Å². The number of aliphatic hydroxyl groups is 1. The van der Waals surface area contributed by atoms with Gasteiger partial charge in [0.1, 0.15) is 18.5 Å². The molecule has 2 N–H and O–H groups in total. The predicted octanol–water partition coefficient (Wildman–Crippen LogP) is 2.95. The monoisotopic (exact) mass is 317 g/mol. The van der Waals surface area contributed by atoms with Gasteiger partial charge in [0.15, 0.2) is 0 Å². The second-order valence-electron chi connectivity index (χ2n) is 5.02. The van der Waals surface area contributed by atoms with Crippen LogP contribution in [-0.4, -0.2) is 36.7 Å². The van der Waals surface area contributed by atoms with E-state index in [1.165, 1.54) is 5.56 Å². The molecule has 2 rings (SSSR count). The van der Waals surface area contributed by atoms with E-state index in [1.807, 2.05) is 48.2 Å². The summed E-state index contributed by atoms with van der Waals surface area (Å²) < 4.78 is 5.51. The van der Waals surface area contributed by atoms with Crippen LogP contribution in [0.4, 0.5) is 0 Å². The lowest BCUT2D eigenvalue weighted by Gasteiger charge is -2.13. The molecule has 0 amide bonds. The molecule has 2 aromatic rings. The summed E-state index contributed by atoms with van der Waals surface area (Å²) in [5, 5.41) is 13.1. The smallest absolute Gasteiger partial charge is 0.119 e. The lowest BCUT2D eigenvalue weighted by Crippen LogP contribution is -2.32. The molecule has 0 radical (unpaired) electrons. The number of rotatable bonds is 10. The van der Waals surface area contributed by atoms with Gasteiger partial charge >= 0.3 is 0 Å². The maximum atomic E-state index is 9.85. The highest BCUT2D eigenvalue weighted by Gasteiger charge is 2.04. The number of hydrogen-bond acceptors (Lipinski definition) is 4. The molecule has 2 aromatic carbocycles. The highest BCUT2D eigenvalue weighted by Crippen LogP contribution is 2.10. The maximum Gasteiger partial charge on any atom is 0.119 e. The summed E-state index contributed by atoms with van der Waals surface area (Å²) in [4.78, 5) is 0. The Kier molecular flexibility index (Phi) is 7.88. The number of ether oxygens (including phenoxy) is 1. The Morgan fingerprint density at radius 1 is 1.00 bits per heavy atom. The second-order valence-corrected chi connectivity index (χ2v) is 6.13. The van der Waals surface area contributed by atoms with Crippen LogP contribution in [0, 0.1) is 0 Å². The van der Waals surface area contributed by atoms with Crippen molar-refractivity contribution in [2.45, 2.75) is 11.9 Å². The van der Waals surface area contributed by atoms with Crippen molar-refractivity contribution in [1.82, 2.24) is 5.32 Å². The first kappa shape index (κ1) is 16.9. The maximum absolute atomic E-state index is 9.85. The number of hydrogen-bond donors (Lipinski definition) is 2. The summed E-state index contributed by atoms with van der Waals surface area (Å²) in [6.45, 7) is 1.76. The van der Waals surface area contributed by atoms with E-state index in [1.54, 1.807) is 0 Å². The average Bonchev–Trinajstić information content (AvgIpc) is 2.58. The van der Waals surface area contributed by atoms with E-state index in [0.29, 0.717) is 13.2 Å². The molecular formula is C18H23NO2S. The molecule has 0 aliphatic carbocycles. The molecule has 3 nitrogen and oxygen atoms in total. The fraction of sp³-hybridized carbons (Fsp3) is 0.333. The Morgan fingerprint density at radius 3 is 2.41 bits per heavy atom. The number of nitrogens with one attached hydrogen (secondary N) is 1. The van der Waals surface area contributed by atoms with Crippen LogP contribution in [-0.2, 0) is 5.75 Å². The Hall–Kier alpha value is -1.49. The molecule has 1 atom stereocenters. The fourth-order valence-electron chi connectivity index (χ4n) is 1.95. The first-order chi connectivity index (χ1) is 10.8. The zero-order valence-corrected chi connectivity index (χ0v) is 13.5.